The van der Waals surface area contributed by atoms with Crippen LogP contribution in [0, 0.1) is 0 Å². The molecule has 1 heterocycles. The van der Waals surface area contributed by atoms with Crippen LogP contribution in [0.25, 0.3) is 10.8 Å². The summed E-state index contributed by atoms with van der Waals surface area (Å²) < 4.78 is 44.6. The number of nitrogens with one attached hydrogen (secondary N) is 1. The van der Waals surface area contributed by atoms with Gasteiger partial charge in [0.15, 0.2) is 5.82 Å². The number of nitrogens with zero attached hydrogens (tertiary/aromatic N) is 2. The van der Waals surface area contributed by atoms with Crippen molar-refractivity contribution in [3.63, 3.8) is 0 Å². The van der Waals surface area contributed by atoms with Gasteiger partial charge in [-0.1, -0.05) is 42.5 Å². The van der Waals surface area contributed by atoms with Crippen molar-refractivity contribution >= 4 is 28.0 Å². The van der Waals surface area contributed by atoms with Crippen LogP contribution >= 0.6 is 0 Å². The highest BCUT2D eigenvalue weighted by molar-refractivity contribution is 5.88. The van der Waals surface area contributed by atoms with Gasteiger partial charge < -0.3 is 15.8 Å². The number of halogens is 3. The van der Waals surface area contributed by atoms with Crippen molar-refractivity contribution in [2.75, 3.05) is 11.1 Å². The van der Waals surface area contributed by atoms with Gasteiger partial charge in [0, 0.05) is 11.1 Å². The second kappa shape index (κ2) is 7.31. The Morgan fingerprint density at radius 3 is 2.48 bits per heavy atom. The number of nitrogens with two attached hydrogens (primary N) is 1. The van der Waals surface area contributed by atoms with E-state index in [1.54, 1.807) is 6.07 Å². The number of hydrogen-bond donors (Lipinski definition) is 2. The second-order valence-electron chi connectivity index (χ2n) is 6.22. The molecule has 0 aliphatic heterocycles. The molecule has 0 aliphatic rings. The van der Waals surface area contributed by atoms with E-state index in [1.165, 1.54) is 18.5 Å². The van der Waals surface area contributed by atoms with E-state index < -0.39 is 11.7 Å². The lowest BCUT2D eigenvalue weighted by molar-refractivity contribution is -0.137. The maximum Gasteiger partial charge on any atom is 0.416 e. The van der Waals surface area contributed by atoms with E-state index in [4.69, 9.17) is 10.5 Å². The van der Waals surface area contributed by atoms with Crippen LogP contribution in [0.3, 0.4) is 0 Å². The first-order valence-electron chi connectivity index (χ1n) is 8.62. The molecule has 29 heavy (non-hydrogen) atoms. The number of rotatable bonds is 4. The highest BCUT2D eigenvalue weighted by Crippen LogP contribution is 2.35. The minimum Gasteiger partial charge on any atom is -0.436 e. The van der Waals surface area contributed by atoms with Gasteiger partial charge in [-0.2, -0.15) is 18.2 Å². The number of fused-ring (bicyclic) bond motifs is 1. The van der Waals surface area contributed by atoms with E-state index in [-0.39, 0.29) is 23.1 Å². The lowest BCUT2D eigenvalue weighted by atomic mass is 10.1. The number of aromatic nitrogens is 2. The Morgan fingerprint density at radius 2 is 1.66 bits per heavy atom. The van der Waals surface area contributed by atoms with Crippen LogP contribution in [0.1, 0.15) is 5.56 Å². The molecule has 8 heteroatoms. The maximum atomic E-state index is 12.9. The van der Waals surface area contributed by atoms with E-state index in [0.717, 1.165) is 22.9 Å². The van der Waals surface area contributed by atoms with Crippen LogP contribution in [0.15, 0.2) is 73.1 Å². The molecule has 3 N–H and O–H groups in total. The Kier molecular flexibility index (Phi) is 4.67. The van der Waals surface area contributed by atoms with Gasteiger partial charge in [0.1, 0.15) is 17.8 Å². The third kappa shape index (κ3) is 3.91. The van der Waals surface area contributed by atoms with Crippen molar-refractivity contribution in [1.29, 1.82) is 0 Å². The standard InChI is InChI=1S/C21H15F3N4O/c22-21(23,24)14-7-4-8-15(11-14)28-19-18(25)20(27-12-26-19)29-17-10-3-6-13-5-1-2-9-16(13)17/h1-12H,25H2,(H,26,27,28). The fraction of sp³-hybridized carbons (Fsp3) is 0.0476. The predicted octanol–water partition coefficient (Wildman–Crippen LogP) is 5.77. The summed E-state index contributed by atoms with van der Waals surface area (Å²) in [6, 6.07) is 18.0. The Balaban J connectivity index is 1.64. The van der Waals surface area contributed by atoms with Gasteiger partial charge in [0.05, 0.1) is 5.56 Å². The van der Waals surface area contributed by atoms with E-state index in [1.807, 2.05) is 36.4 Å². The van der Waals surface area contributed by atoms with Gasteiger partial charge in [0.25, 0.3) is 0 Å². The molecule has 0 unspecified atom stereocenters. The Morgan fingerprint density at radius 1 is 0.897 bits per heavy atom. The largest absolute Gasteiger partial charge is 0.436 e. The summed E-state index contributed by atoms with van der Waals surface area (Å²) >= 11 is 0. The molecule has 1 aromatic heterocycles. The molecule has 0 spiro atoms. The Labute approximate surface area is 164 Å². The third-order valence-electron chi connectivity index (χ3n) is 4.26. The monoisotopic (exact) mass is 396 g/mol. The minimum atomic E-state index is -4.45. The average Bonchev–Trinajstić information content (AvgIpc) is 2.71. The highest BCUT2D eigenvalue weighted by atomic mass is 19.4. The first-order chi connectivity index (χ1) is 13.9. The summed E-state index contributed by atoms with van der Waals surface area (Å²) in [5.74, 6) is 0.805. The normalized spacial score (nSPS) is 11.4. The molecule has 5 nitrogen and oxygen atoms in total. The van der Waals surface area contributed by atoms with Crippen molar-refractivity contribution in [3.05, 3.63) is 78.6 Å². The van der Waals surface area contributed by atoms with E-state index in [0.29, 0.717) is 5.75 Å². The molecule has 0 saturated heterocycles. The molecule has 0 saturated carbocycles. The van der Waals surface area contributed by atoms with Crippen LogP contribution in [0.5, 0.6) is 11.6 Å². The zero-order valence-electron chi connectivity index (χ0n) is 14.9. The molecule has 0 fully saturated rings. The predicted molar refractivity (Wildman–Crippen MR) is 105 cm³/mol. The number of anilines is 3. The zero-order valence-corrected chi connectivity index (χ0v) is 14.9. The molecule has 4 aromatic rings. The van der Waals surface area contributed by atoms with Gasteiger partial charge >= 0.3 is 6.18 Å². The van der Waals surface area contributed by atoms with Gasteiger partial charge in [-0.05, 0) is 29.7 Å². The van der Waals surface area contributed by atoms with Crippen LogP contribution in [-0.2, 0) is 6.18 Å². The highest BCUT2D eigenvalue weighted by Gasteiger charge is 2.30. The molecule has 0 bridgehead atoms. The summed E-state index contributed by atoms with van der Waals surface area (Å²) in [7, 11) is 0. The first-order valence-corrected chi connectivity index (χ1v) is 8.62. The van der Waals surface area contributed by atoms with Crippen LogP contribution in [0.4, 0.5) is 30.4 Å². The number of nitrogen functional groups attached to an aromatic ring is 1. The molecule has 0 aliphatic carbocycles. The molecule has 0 radical (unpaired) electrons. The summed E-state index contributed by atoms with van der Waals surface area (Å²) in [5, 5.41) is 4.65. The van der Waals surface area contributed by atoms with Crippen molar-refractivity contribution < 1.29 is 17.9 Å². The lowest BCUT2D eigenvalue weighted by Crippen LogP contribution is -2.06. The fourth-order valence-electron chi connectivity index (χ4n) is 2.86. The Bertz CT molecular complexity index is 1170. The van der Waals surface area contributed by atoms with E-state index in [9.17, 15) is 13.2 Å². The van der Waals surface area contributed by atoms with Crippen LogP contribution in [0.2, 0.25) is 0 Å². The van der Waals surface area contributed by atoms with E-state index >= 15 is 0 Å². The minimum absolute atomic E-state index is 0.0813. The van der Waals surface area contributed by atoms with Crippen molar-refractivity contribution in [2.24, 2.45) is 0 Å². The third-order valence-corrected chi connectivity index (χ3v) is 4.26. The number of ether oxygens (including phenoxy) is 1. The molecule has 146 valence electrons. The summed E-state index contributed by atoms with van der Waals surface area (Å²) in [6.07, 6.45) is -3.22. The molecule has 0 amide bonds. The number of hydrogen-bond acceptors (Lipinski definition) is 5. The quantitative estimate of drug-likeness (QED) is 0.458. The first kappa shape index (κ1) is 18.5. The smallest absolute Gasteiger partial charge is 0.416 e. The van der Waals surface area contributed by atoms with Crippen LogP contribution in [-0.4, -0.2) is 9.97 Å². The molecule has 0 atom stereocenters. The molecular formula is C21H15F3N4O. The average molecular weight is 396 g/mol. The zero-order chi connectivity index (χ0) is 20.4. The van der Waals surface area contributed by atoms with Crippen molar-refractivity contribution in [2.45, 2.75) is 6.18 Å². The summed E-state index contributed by atoms with van der Waals surface area (Å²) in [6.45, 7) is 0. The molecular weight excluding hydrogens is 381 g/mol. The van der Waals surface area contributed by atoms with Gasteiger partial charge in [-0.3, -0.25) is 0 Å². The summed E-state index contributed by atoms with van der Waals surface area (Å²) in [5.41, 5.74) is 5.61. The lowest BCUT2D eigenvalue weighted by Gasteiger charge is -2.14. The SMILES string of the molecule is Nc1c(Nc2cccc(C(F)(F)F)c2)ncnc1Oc1cccc2ccccc12. The number of alkyl halides is 3. The maximum absolute atomic E-state index is 12.9. The summed E-state index contributed by atoms with van der Waals surface area (Å²) in [4.78, 5) is 8.08. The molecule has 4 rings (SSSR count). The fourth-order valence-corrected chi connectivity index (χ4v) is 2.86. The topological polar surface area (TPSA) is 73.1 Å². The second-order valence-corrected chi connectivity index (χ2v) is 6.22. The van der Waals surface area contributed by atoms with Gasteiger partial charge in [-0.15, -0.1) is 0 Å². The Hall–Kier alpha value is -3.81. The van der Waals surface area contributed by atoms with Crippen molar-refractivity contribution in [3.8, 4) is 11.6 Å². The van der Waals surface area contributed by atoms with Crippen LogP contribution < -0.4 is 15.8 Å². The van der Waals surface area contributed by atoms with Gasteiger partial charge in [-0.25, -0.2) is 4.98 Å². The van der Waals surface area contributed by atoms with E-state index in [2.05, 4.69) is 15.3 Å². The molecule has 3 aromatic carbocycles. The number of benzene rings is 3. The van der Waals surface area contributed by atoms with Gasteiger partial charge in [0.2, 0.25) is 5.88 Å². The van der Waals surface area contributed by atoms with Crippen molar-refractivity contribution in [1.82, 2.24) is 9.97 Å².